The Morgan fingerprint density at radius 2 is 1.86 bits per heavy atom. The molecule has 3 aromatic carbocycles. The Labute approximate surface area is 244 Å². The van der Waals surface area contributed by atoms with Gasteiger partial charge in [-0.25, -0.2) is 8.78 Å². The second-order valence-corrected chi connectivity index (χ2v) is 11.3. The van der Waals surface area contributed by atoms with Crippen molar-refractivity contribution in [2.24, 2.45) is 0 Å². The third-order valence-corrected chi connectivity index (χ3v) is 8.35. The highest BCUT2D eigenvalue weighted by molar-refractivity contribution is 6.01. The van der Waals surface area contributed by atoms with E-state index < -0.39 is 17.7 Å². The first-order chi connectivity index (χ1) is 20.3. The molecule has 3 aliphatic rings. The summed E-state index contributed by atoms with van der Waals surface area (Å²) in [6, 6.07) is 18.6. The summed E-state index contributed by atoms with van der Waals surface area (Å²) in [5.41, 5.74) is 3.54. The van der Waals surface area contributed by atoms with Gasteiger partial charge in [0.2, 0.25) is 5.91 Å². The van der Waals surface area contributed by atoms with E-state index in [2.05, 4.69) is 34.2 Å². The van der Waals surface area contributed by atoms with Crippen LogP contribution in [0.4, 0.5) is 8.78 Å². The second kappa shape index (κ2) is 12.0. The van der Waals surface area contributed by atoms with Crippen LogP contribution in [0.1, 0.15) is 46.3 Å². The first-order valence-corrected chi connectivity index (χ1v) is 14.4. The molecule has 3 unspecified atom stereocenters. The van der Waals surface area contributed by atoms with Crippen molar-refractivity contribution in [1.82, 2.24) is 20.4 Å². The monoisotopic (exact) mass is 572 g/mol. The fourth-order valence-corrected chi connectivity index (χ4v) is 6.11. The average Bonchev–Trinajstić information content (AvgIpc) is 3.30. The van der Waals surface area contributed by atoms with E-state index in [-0.39, 0.29) is 30.5 Å². The molecular formula is C33H34F2N4O3. The molecular weight excluding hydrogens is 538 g/mol. The van der Waals surface area contributed by atoms with E-state index in [1.165, 1.54) is 6.07 Å². The number of hydrogen-bond donors (Lipinski definition) is 2. The zero-order valence-electron chi connectivity index (χ0n) is 23.3. The van der Waals surface area contributed by atoms with E-state index in [9.17, 15) is 18.4 Å². The number of carbonyl (C=O) groups excluding carboxylic acids is 2. The van der Waals surface area contributed by atoms with Crippen LogP contribution in [0.2, 0.25) is 0 Å². The van der Waals surface area contributed by atoms with Crippen molar-refractivity contribution in [3.63, 3.8) is 0 Å². The van der Waals surface area contributed by atoms with E-state index >= 15 is 0 Å². The summed E-state index contributed by atoms with van der Waals surface area (Å²) in [5.74, 6) is -0.626. The second-order valence-electron chi connectivity index (χ2n) is 11.3. The molecule has 3 aromatic rings. The van der Waals surface area contributed by atoms with Gasteiger partial charge in [-0.3, -0.25) is 14.5 Å². The maximum Gasteiger partial charge on any atom is 0.255 e. The van der Waals surface area contributed by atoms with E-state index in [1.807, 2.05) is 24.3 Å². The van der Waals surface area contributed by atoms with E-state index in [0.717, 1.165) is 29.7 Å². The summed E-state index contributed by atoms with van der Waals surface area (Å²) in [6.07, 6.45) is 1.67. The van der Waals surface area contributed by atoms with Gasteiger partial charge >= 0.3 is 0 Å². The molecule has 42 heavy (non-hydrogen) atoms. The van der Waals surface area contributed by atoms with Crippen LogP contribution in [-0.4, -0.2) is 52.9 Å². The van der Waals surface area contributed by atoms with Crippen LogP contribution >= 0.6 is 0 Å². The molecule has 2 N–H and O–H groups in total. The highest BCUT2D eigenvalue weighted by Crippen LogP contribution is 2.32. The van der Waals surface area contributed by atoms with Gasteiger partial charge in [-0.2, -0.15) is 0 Å². The number of likely N-dealkylation sites (tertiary alicyclic amines) is 1. The normalized spacial score (nSPS) is 22.7. The number of benzene rings is 3. The SMILES string of the molecule is C=C1CCC(N2Cc3cc(OC4CN(Cc5cc(F)ccc5F)CCC4NCc4ccccc4)ccc3C2=O)C(=O)N1. The molecule has 2 amide bonds. The number of fused-ring (bicyclic) bond motifs is 1. The smallest absolute Gasteiger partial charge is 0.255 e. The molecule has 0 saturated carbocycles. The van der Waals surface area contributed by atoms with Gasteiger partial charge < -0.3 is 20.3 Å². The lowest BCUT2D eigenvalue weighted by Gasteiger charge is -2.39. The predicted octanol–water partition coefficient (Wildman–Crippen LogP) is 4.52. The van der Waals surface area contributed by atoms with Gasteiger partial charge in [-0.15, -0.1) is 0 Å². The van der Waals surface area contributed by atoms with Crippen LogP contribution < -0.4 is 15.4 Å². The summed E-state index contributed by atoms with van der Waals surface area (Å²) in [6.45, 7) is 6.32. The lowest BCUT2D eigenvalue weighted by atomic mass is 10.00. The van der Waals surface area contributed by atoms with Crippen molar-refractivity contribution >= 4 is 11.8 Å². The Bertz CT molecular complexity index is 1500. The summed E-state index contributed by atoms with van der Waals surface area (Å²) in [5, 5.41) is 6.40. The van der Waals surface area contributed by atoms with Gasteiger partial charge in [0, 0.05) is 55.6 Å². The molecule has 0 aliphatic carbocycles. The molecule has 0 spiro atoms. The largest absolute Gasteiger partial charge is 0.487 e. The minimum absolute atomic E-state index is 0.0178. The molecule has 3 aliphatic heterocycles. The van der Waals surface area contributed by atoms with Gasteiger partial charge in [0.05, 0.1) is 0 Å². The number of hydrogen-bond acceptors (Lipinski definition) is 5. The van der Waals surface area contributed by atoms with Gasteiger partial charge in [0.25, 0.3) is 5.91 Å². The van der Waals surface area contributed by atoms with Crippen molar-refractivity contribution < 1.29 is 23.1 Å². The Morgan fingerprint density at radius 1 is 1.02 bits per heavy atom. The molecule has 2 fully saturated rings. The lowest BCUT2D eigenvalue weighted by molar-refractivity contribution is -0.126. The van der Waals surface area contributed by atoms with Crippen molar-refractivity contribution in [2.45, 2.75) is 57.1 Å². The lowest BCUT2D eigenvalue weighted by Crippen LogP contribution is -2.54. The Hall–Kier alpha value is -4.08. The van der Waals surface area contributed by atoms with Crippen LogP contribution in [0.3, 0.4) is 0 Å². The molecule has 9 heteroatoms. The first-order valence-electron chi connectivity index (χ1n) is 14.4. The van der Waals surface area contributed by atoms with Gasteiger partial charge in [-0.1, -0.05) is 36.9 Å². The fraction of sp³-hybridized carbons (Fsp3) is 0.333. The number of ether oxygens (including phenoxy) is 1. The average molecular weight is 573 g/mol. The minimum Gasteiger partial charge on any atom is -0.487 e. The first kappa shape index (κ1) is 28.1. The highest BCUT2D eigenvalue weighted by Gasteiger charge is 2.38. The third-order valence-electron chi connectivity index (χ3n) is 8.35. The molecule has 6 rings (SSSR count). The Morgan fingerprint density at radius 3 is 2.67 bits per heavy atom. The summed E-state index contributed by atoms with van der Waals surface area (Å²) >= 11 is 0. The topological polar surface area (TPSA) is 73.9 Å². The highest BCUT2D eigenvalue weighted by atomic mass is 19.1. The predicted molar refractivity (Wildman–Crippen MR) is 154 cm³/mol. The number of nitrogens with zero attached hydrogens (tertiary/aromatic N) is 2. The van der Waals surface area contributed by atoms with Gasteiger partial charge in [-0.05, 0) is 66.8 Å². The van der Waals surface area contributed by atoms with E-state index in [0.29, 0.717) is 61.6 Å². The molecule has 0 bridgehead atoms. The van der Waals surface area contributed by atoms with Crippen LogP contribution in [0.25, 0.3) is 0 Å². The number of carbonyl (C=O) groups is 2. The molecule has 0 aromatic heterocycles. The standard InChI is InChI=1S/C33H34F2N4O3/c1-21-7-12-30(32(40)37-21)39-19-23-16-26(9-10-27(23)33(39)41)42-31-20-38(18-24-15-25(34)8-11-28(24)35)14-13-29(31)36-17-22-5-3-2-4-6-22/h2-6,8-11,15-16,29-31,36H,1,7,12-14,17-20H2,(H,37,40). The van der Waals surface area contributed by atoms with E-state index in [4.69, 9.17) is 4.74 Å². The van der Waals surface area contributed by atoms with Crippen molar-refractivity contribution in [1.29, 1.82) is 0 Å². The molecule has 0 radical (unpaired) electrons. The maximum absolute atomic E-state index is 14.4. The van der Waals surface area contributed by atoms with Gasteiger partial charge in [0.15, 0.2) is 0 Å². The summed E-state index contributed by atoms with van der Waals surface area (Å²) in [7, 11) is 0. The third kappa shape index (κ3) is 6.07. The minimum atomic E-state index is -0.526. The Balaban J connectivity index is 1.18. The number of halogens is 2. The summed E-state index contributed by atoms with van der Waals surface area (Å²) in [4.78, 5) is 29.4. The van der Waals surface area contributed by atoms with Crippen molar-refractivity contribution in [3.05, 3.63) is 113 Å². The quantitative estimate of drug-likeness (QED) is 0.415. The molecule has 3 atom stereocenters. The van der Waals surface area contributed by atoms with Gasteiger partial charge in [0.1, 0.15) is 29.5 Å². The molecule has 3 heterocycles. The molecule has 218 valence electrons. The zero-order valence-corrected chi connectivity index (χ0v) is 23.3. The Kier molecular flexibility index (Phi) is 8.04. The van der Waals surface area contributed by atoms with E-state index in [1.54, 1.807) is 17.0 Å². The van der Waals surface area contributed by atoms with Crippen molar-refractivity contribution in [3.8, 4) is 5.75 Å². The number of rotatable bonds is 8. The van der Waals surface area contributed by atoms with Crippen LogP contribution in [0, 0.1) is 11.6 Å². The number of nitrogens with one attached hydrogen (secondary N) is 2. The van der Waals surface area contributed by atoms with Crippen molar-refractivity contribution in [2.75, 3.05) is 13.1 Å². The summed E-state index contributed by atoms with van der Waals surface area (Å²) < 4.78 is 34.8. The number of piperidine rings is 2. The molecule has 2 saturated heterocycles. The number of amides is 2. The maximum atomic E-state index is 14.4. The number of allylic oxidation sites excluding steroid dienone is 1. The fourth-order valence-electron chi connectivity index (χ4n) is 6.11. The van der Waals surface area contributed by atoms with Crippen LogP contribution in [0.15, 0.2) is 79.0 Å². The van der Waals surface area contributed by atoms with Crippen LogP contribution in [-0.2, 0) is 24.4 Å². The molecule has 7 nitrogen and oxygen atoms in total. The zero-order chi connectivity index (χ0) is 29.2. The van der Waals surface area contributed by atoms with Crippen LogP contribution in [0.5, 0.6) is 5.75 Å².